The lowest BCUT2D eigenvalue weighted by Gasteiger charge is -2.11. The number of benzene rings is 2. The number of rotatable bonds is 9. The van der Waals surface area contributed by atoms with Crippen LogP contribution < -0.4 is 25.3 Å². The van der Waals surface area contributed by atoms with E-state index in [-0.39, 0.29) is 17.3 Å². The summed E-state index contributed by atoms with van der Waals surface area (Å²) in [5, 5.41) is 6.25. The second kappa shape index (κ2) is 9.95. The van der Waals surface area contributed by atoms with Crippen LogP contribution in [0.1, 0.15) is 5.56 Å². The quantitative estimate of drug-likeness (QED) is 0.384. The molecule has 2 rings (SSSR count). The number of amides is 1. The molecule has 28 heavy (non-hydrogen) atoms. The predicted octanol–water partition coefficient (Wildman–Crippen LogP) is 2.58. The fraction of sp³-hybridized carbons (Fsp3) is 0.222. The summed E-state index contributed by atoms with van der Waals surface area (Å²) in [6, 6.07) is 10.9. The number of oxime groups is 1. The molecule has 150 valence electrons. The molecule has 2 aromatic carbocycles. The van der Waals surface area contributed by atoms with Gasteiger partial charge in [0.2, 0.25) is 0 Å². The average Bonchev–Trinajstić information content (AvgIpc) is 2.68. The Morgan fingerprint density at radius 2 is 1.82 bits per heavy atom. The first kappa shape index (κ1) is 20.7. The summed E-state index contributed by atoms with van der Waals surface area (Å²) >= 11 is 0. The highest BCUT2D eigenvalue weighted by Crippen LogP contribution is 2.29. The van der Waals surface area contributed by atoms with E-state index in [2.05, 4.69) is 15.2 Å². The van der Waals surface area contributed by atoms with E-state index in [0.29, 0.717) is 17.0 Å². The number of anilines is 1. The van der Waals surface area contributed by atoms with E-state index in [4.69, 9.17) is 20.0 Å². The molecule has 2 aromatic rings. The number of para-hydroxylation sites is 2. The van der Waals surface area contributed by atoms with Crippen molar-refractivity contribution < 1.29 is 32.6 Å². The first-order valence-corrected chi connectivity index (χ1v) is 7.96. The Morgan fingerprint density at radius 1 is 1.11 bits per heavy atom. The number of methoxy groups -OCH3 is 2. The maximum Gasteiger partial charge on any atom is 0.387 e. The second-order valence-electron chi connectivity index (χ2n) is 5.24. The summed E-state index contributed by atoms with van der Waals surface area (Å²) in [5.74, 6) is -0.153. The van der Waals surface area contributed by atoms with Crippen molar-refractivity contribution in [2.24, 2.45) is 10.9 Å². The number of halogens is 2. The van der Waals surface area contributed by atoms with Crippen LogP contribution in [0.3, 0.4) is 0 Å². The van der Waals surface area contributed by atoms with E-state index in [1.54, 1.807) is 24.3 Å². The molecule has 8 nitrogen and oxygen atoms in total. The van der Waals surface area contributed by atoms with E-state index in [1.165, 1.54) is 32.4 Å². The topological polar surface area (TPSA) is 104 Å². The molecule has 0 spiro atoms. The maximum atomic E-state index is 12.4. The van der Waals surface area contributed by atoms with Crippen LogP contribution >= 0.6 is 0 Å². The van der Waals surface area contributed by atoms with Gasteiger partial charge < -0.3 is 30.1 Å². The molecule has 0 unspecified atom stereocenters. The largest absolute Gasteiger partial charge is 0.495 e. The Bertz CT molecular complexity index is 846. The molecule has 0 aliphatic heterocycles. The summed E-state index contributed by atoms with van der Waals surface area (Å²) in [4.78, 5) is 16.9. The molecule has 0 aromatic heterocycles. The molecule has 0 bridgehead atoms. The summed E-state index contributed by atoms with van der Waals surface area (Å²) in [6.45, 7) is -3.39. The molecule has 3 N–H and O–H groups in total. The highest BCUT2D eigenvalue weighted by Gasteiger charge is 2.13. The fourth-order valence-corrected chi connectivity index (χ4v) is 2.17. The van der Waals surface area contributed by atoms with Crippen molar-refractivity contribution in [1.29, 1.82) is 0 Å². The minimum Gasteiger partial charge on any atom is -0.495 e. The number of hydrogen-bond donors (Lipinski definition) is 2. The van der Waals surface area contributed by atoms with E-state index < -0.39 is 19.1 Å². The summed E-state index contributed by atoms with van der Waals surface area (Å²) < 4.78 is 39.1. The molecule has 1 amide bonds. The smallest absolute Gasteiger partial charge is 0.387 e. The number of amidine groups is 1. The third-order valence-electron chi connectivity index (χ3n) is 3.42. The van der Waals surface area contributed by atoms with E-state index in [0.717, 1.165) is 0 Å². The highest BCUT2D eigenvalue weighted by atomic mass is 19.3. The molecule has 0 atom stereocenters. The Morgan fingerprint density at radius 3 is 2.50 bits per heavy atom. The number of carbonyl (C=O) groups is 1. The molecule has 0 saturated carbocycles. The Labute approximate surface area is 159 Å². The van der Waals surface area contributed by atoms with Gasteiger partial charge in [-0.3, -0.25) is 4.79 Å². The Hall–Kier alpha value is -3.56. The van der Waals surface area contributed by atoms with Gasteiger partial charge in [0.1, 0.15) is 5.75 Å². The highest BCUT2D eigenvalue weighted by molar-refractivity contribution is 5.98. The van der Waals surface area contributed by atoms with Crippen molar-refractivity contribution in [2.75, 3.05) is 26.1 Å². The Kier molecular flexibility index (Phi) is 7.37. The van der Waals surface area contributed by atoms with Gasteiger partial charge in [0.15, 0.2) is 23.9 Å². The maximum absolute atomic E-state index is 12.4. The Balaban J connectivity index is 1.97. The fourth-order valence-electron chi connectivity index (χ4n) is 2.17. The number of nitrogens with zero attached hydrogens (tertiary/aromatic N) is 1. The van der Waals surface area contributed by atoms with E-state index in [9.17, 15) is 13.6 Å². The lowest BCUT2D eigenvalue weighted by Crippen LogP contribution is -2.19. The third-order valence-corrected chi connectivity index (χ3v) is 3.42. The van der Waals surface area contributed by atoms with Gasteiger partial charge in [0.25, 0.3) is 5.91 Å². The van der Waals surface area contributed by atoms with Crippen molar-refractivity contribution in [3.63, 3.8) is 0 Å². The number of ether oxygens (including phenoxy) is 3. The third kappa shape index (κ3) is 5.73. The molecule has 0 aliphatic carbocycles. The molecule has 0 saturated heterocycles. The van der Waals surface area contributed by atoms with Crippen molar-refractivity contribution in [2.45, 2.75) is 6.61 Å². The SMILES string of the molecule is COc1ccccc1NC(=O)CON=C(N)c1ccc(OC(F)F)c(OC)c1. The van der Waals surface area contributed by atoms with Crippen LogP contribution in [0.2, 0.25) is 0 Å². The number of nitrogens with two attached hydrogens (primary N) is 1. The number of alkyl halides is 2. The van der Waals surface area contributed by atoms with Gasteiger partial charge in [-0.15, -0.1) is 0 Å². The zero-order valence-corrected chi connectivity index (χ0v) is 15.1. The minimum absolute atomic E-state index is 0.0462. The predicted molar refractivity (Wildman–Crippen MR) is 97.9 cm³/mol. The summed E-state index contributed by atoms with van der Waals surface area (Å²) in [6.07, 6.45) is 0. The lowest BCUT2D eigenvalue weighted by atomic mass is 10.2. The first-order valence-electron chi connectivity index (χ1n) is 7.96. The zero-order valence-electron chi connectivity index (χ0n) is 15.1. The van der Waals surface area contributed by atoms with Crippen molar-refractivity contribution in [3.05, 3.63) is 48.0 Å². The number of carbonyl (C=O) groups excluding carboxylic acids is 1. The summed E-state index contributed by atoms with van der Waals surface area (Å²) in [5.41, 5.74) is 6.60. The van der Waals surface area contributed by atoms with Crippen molar-refractivity contribution in [1.82, 2.24) is 0 Å². The first-order chi connectivity index (χ1) is 13.4. The molecule has 10 heteroatoms. The molecule has 0 aliphatic rings. The van der Waals surface area contributed by atoms with Gasteiger partial charge >= 0.3 is 6.61 Å². The van der Waals surface area contributed by atoms with Crippen molar-refractivity contribution in [3.8, 4) is 17.2 Å². The molecular weight excluding hydrogens is 376 g/mol. The average molecular weight is 395 g/mol. The van der Waals surface area contributed by atoms with Crippen LogP contribution in [-0.2, 0) is 9.63 Å². The van der Waals surface area contributed by atoms with Crippen LogP contribution in [0, 0.1) is 0 Å². The normalized spacial score (nSPS) is 11.1. The van der Waals surface area contributed by atoms with Crippen LogP contribution in [0.15, 0.2) is 47.6 Å². The van der Waals surface area contributed by atoms with Gasteiger partial charge in [-0.2, -0.15) is 8.78 Å². The molecule has 0 radical (unpaired) electrons. The van der Waals surface area contributed by atoms with Gasteiger partial charge in [0, 0.05) is 5.56 Å². The van der Waals surface area contributed by atoms with Crippen LogP contribution in [0.4, 0.5) is 14.5 Å². The van der Waals surface area contributed by atoms with Crippen molar-refractivity contribution >= 4 is 17.4 Å². The molecular formula is C18H19F2N3O5. The van der Waals surface area contributed by atoms with Gasteiger partial charge in [-0.25, -0.2) is 0 Å². The standard InChI is InChI=1S/C18H19F2N3O5/c1-25-13-6-4-3-5-12(13)22-16(24)10-27-23-17(21)11-7-8-14(28-18(19)20)15(9-11)26-2/h3-9,18H,10H2,1-2H3,(H2,21,23)(H,22,24). The van der Waals surface area contributed by atoms with Gasteiger partial charge in [-0.1, -0.05) is 17.3 Å². The number of hydrogen-bond acceptors (Lipinski definition) is 6. The zero-order chi connectivity index (χ0) is 20.5. The van der Waals surface area contributed by atoms with Gasteiger partial charge in [0.05, 0.1) is 19.9 Å². The monoisotopic (exact) mass is 395 g/mol. The lowest BCUT2D eigenvalue weighted by molar-refractivity contribution is -0.120. The summed E-state index contributed by atoms with van der Waals surface area (Å²) in [7, 11) is 2.78. The molecule has 0 heterocycles. The second-order valence-corrected chi connectivity index (χ2v) is 5.24. The van der Waals surface area contributed by atoms with E-state index >= 15 is 0 Å². The van der Waals surface area contributed by atoms with Crippen LogP contribution in [-0.4, -0.2) is 39.2 Å². The number of nitrogens with one attached hydrogen (secondary N) is 1. The van der Waals surface area contributed by atoms with E-state index in [1.807, 2.05) is 0 Å². The van der Waals surface area contributed by atoms with Crippen LogP contribution in [0.5, 0.6) is 17.2 Å². The van der Waals surface area contributed by atoms with Crippen LogP contribution in [0.25, 0.3) is 0 Å². The van der Waals surface area contributed by atoms with Gasteiger partial charge in [-0.05, 0) is 30.3 Å². The minimum atomic E-state index is -2.99. The molecule has 0 fully saturated rings.